The maximum absolute atomic E-state index is 13.5. The first-order chi connectivity index (χ1) is 9.39. The second kappa shape index (κ2) is 6.83. The number of esters is 1. The second-order valence-corrected chi connectivity index (χ2v) is 5.14. The molecule has 1 aromatic rings. The Balaban J connectivity index is 3.22. The lowest BCUT2D eigenvalue weighted by Crippen LogP contribution is -2.42. The number of hydrogen-bond acceptors (Lipinski definition) is 3. The van der Waals surface area contributed by atoms with Gasteiger partial charge in [-0.05, 0) is 40.9 Å². The number of carboxylic acid groups (broad SMARTS) is 1. The summed E-state index contributed by atoms with van der Waals surface area (Å²) in [6, 6.07) is 4.31. The summed E-state index contributed by atoms with van der Waals surface area (Å²) in [5.41, 5.74) is -1.28. The molecule has 0 heterocycles. The van der Waals surface area contributed by atoms with Crippen molar-refractivity contribution in [3.63, 3.8) is 0 Å². The molecule has 1 aromatic carbocycles. The molecule has 0 amide bonds. The highest BCUT2D eigenvalue weighted by Gasteiger charge is 2.46. The van der Waals surface area contributed by atoms with Crippen molar-refractivity contribution in [3.05, 3.63) is 34.1 Å². The van der Waals surface area contributed by atoms with Gasteiger partial charge in [-0.2, -0.15) is 0 Å². The van der Waals surface area contributed by atoms with Crippen LogP contribution in [0.3, 0.4) is 0 Å². The number of carbonyl (C=O) groups excluding carboxylic acids is 1. The van der Waals surface area contributed by atoms with Crippen LogP contribution in [0.15, 0.2) is 22.7 Å². The van der Waals surface area contributed by atoms with Gasteiger partial charge in [0.2, 0.25) is 0 Å². The van der Waals surface area contributed by atoms with Crippen LogP contribution in [0.1, 0.15) is 25.8 Å². The molecule has 0 spiro atoms. The average molecular weight is 347 g/mol. The molecule has 0 saturated heterocycles. The van der Waals surface area contributed by atoms with Gasteiger partial charge >= 0.3 is 11.9 Å². The predicted octanol–water partition coefficient (Wildman–Crippen LogP) is 3.17. The van der Waals surface area contributed by atoms with E-state index in [0.29, 0.717) is 5.56 Å². The minimum atomic E-state index is -1.70. The summed E-state index contributed by atoms with van der Waals surface area (Å²) in [6.45, 7) is 3.30. The third-order valence-corrected chi connectivity index (χ3v) is 4.09. The number of carbonyl (C=O) groups is 2. The number of aliphatic carboxylic acids is 1. The van der Waals surface area contributed by atoms with Crippen LogP contribution in [0.25, 0.3) is 0 Å². The molecule has 1 unspecified atom stereocenters. The Morgan fingerprint density at radius 1 is 1.40 bits per heavy atom. The fourth-order valence-corrected chi connectivity index (χ4v) is 2.34. The molecule has 0 saturated carbocycles. The first-order valence-electron chi connectivity index (χ1n) is 6.22. The molecule has 0 aromatic heterocycles. The third-order valence-electron chi connectivity index (χ3n) is 3.20. The van der Waals surface area contributed by atoms with Crippen LogP contribution in [-0.4, -0.2) is 23.7 Å². The zero-order chi connectivity index (χ0) is 15.3. The highest BCUT2D eigenvalue weighted by Crippen LogP contribution is 2.33. The molecule has 0 radical (unpaired) electrons. The summed E-state index contributed by atoms with van der Waals surface area (Å²) in [5, 5.41) is 9.43. The van der Waals surface area contributed by atoms with Gasteiger partial charge in [0.25, 0.3) is 0 Å². The molecule has 1 N–H and O–H groups in total. The highest BCUT2D eigenvalue weighted by atomic mass is 79.9. The zero-order valence-corrected chi connectivity index (χ0v) is 12.9. The van der Waals surface area contributed by atoms with Gasteiger partial charge in [-0.1, -0.05) is 19.1 Å². The van der Waals surface area contributed by atoms with Gasteiger partial charge in [-0.3, -0.25) is 9.59 Å². The Hall–Kier alpha value is -1.43. The summed E-state index contributed by atoms with van der Waals surface area (Å²) in [6.07, 6.45) is -0.0693. The lowest BCUT2D eigenvalue weighted by atomic mass is 9.79. The van der Waals surface area contributed by atoms with Crippen LogP contribution in [0.5, 0.6) is 0 Å². The quantitative estimate of drug-likeness (QED) is 0.634. The normalized spacial score (nSPS) is 13.6. The smallest absolute Gasteiger partial charge is 0.323 e. The lowest BCUT2D eigenvalue weighted by molar-refractivity contribution is -0.168. The van der Waals surface area contributed by atoms with Gasteiger partial charge in [0.05, 0.1) is 11.1 Å². The molecule has 20 heavy (non-hydrogen) atoms. The molecular weight excluding hydrogens is 331 g/mol. The van der Waals surface area contributed by atoms with Crippen LogP contribution in [0.4, 0.5) is 4.39 Å². The van der Waals surface area contributed by atoms with Crippen LogP contribution >= 0.6 is 15.9 Å². The predicted molar refractivity (Wildman–Crippen MR) is 74.8 cm³/mol. The highest BCUT2D eigenvalue weighted by molar-refractivity contribution is 9.10. The molecule has 0 aliphatic heterocycles. The van der Waals surface area contributed by atoms with Crippen molar-refractivity contribution in [2.24, 2.45) is 5.41 Å². The van der Waals surface area contributed by atoms with Crippen molar-refractivity contribution in [1.82, 2.24) is 0 Å². The van der Waals surface area contributed by atoms with Crippen molar-refractivity contribution in [3.8, 4) is 0 Å². The van der Waals surface area contributed by atoms with Gasteiger partial charge in [-0.15, -0.1) is 0 Å². The molecule has 0 aliphatic rings. The van der Waals surface area contributed by atoms with Crippen molar-refractivity contribution < 1.29 is 23.8 Å². The van der Waals surface area contributed by atoms with Crippen molar-refractivity contribution in [2.75, 3.05) is 6.61 Å². The van der Waals surface area contributed by atoms with E-state index in [9.17, 15) is 19.1 Å². The number of carboxylic acids is 1. The first kappa shape index (κ1) is 16.6. The van der Waals surface area contributed by atoms with Gasteiger partial charge < -0.3 is 9.84 Å². The van der Waals surface area contributed by atoms with E-state index in [2.05, 4.69) is 15.9 Å². The van der Waals surface area contributed by atoms with E-state index >= 15 is 0 Å². The molecule has 0 fully saturated rings. The van der Waals surface area contributed by atoms with Crippen molar-refractivity contribution >= 4 is 27.9 Å². The summed E-state index contributed by atoms with van der Waals surface area (Å²) in [5.74, 6) is -2.57. The van der Waals surface area contributed by atoms with Crippen molar-refractivity contribution in [2.45, 2.75) is 26.7 Å². The number of benzene rings is 1. The Kier molecular flexibility index (Phi) is 5.68. The van der Waals surface area contributed by atoms with E-state index in [-0.39, 0.29) is 23.9 Å². The summed E-state index contributed by atoms with van der Waals surface area (Å²) in [4.78, 5) is 23.6. The Bertz CT molecular complexity index is 518. The zero-order valence-electron chi connectivity index (χ0n) is 11.3. The Morgan fingerprint density at radius 2 is 2.05 bits per heavy atom. The van der Waals surface area contributed by atoms with E-state index < -0.39 is 23.2 Å². The van der Waals surface area contributed by atoms with Crippen molar-refractivity contribution in [1.29, 1.82) is 0 Å². The maximum atomic E-state index is 13.5. The third kappa shape index (κ3) is 3.17. The van der Waals surface area contributed by atoms with Crippen LogP contribution in [0.2, 0.25) is 0 Å². The maximum Gasteiger partial charge on any atom is 0.323 e. The van der Waals surface area contributed by atoms with E-state index in [1.54, 1.807) is 19.9 Å². The Labute approximate surface area is 125 Å². The molecule has 1 rings (SSSR count). The SMILES string of the molecule is CCOC(=O)C(CC)(Cc1cccc(F)c1Br)C(=O)O. The standard InChI is InChI=1S/C14H16BrFO4/c1-3-14(12(17)18,13(19)20-4-2)8-9-6-5-7-10(16)11(9)15/h5-7H,3-4,8H2,1-2H3,(H,17,18). The van der Waals surface area contributed by atoms with E-state index in [1.165, 1.54) is 12.1 Å². The average Bonchev–Trinajstić information content (AvgIpc) is 2.40. The largest absolute Gasteiger partial charge is 0.480 e. The molecule has 1 atom stereocenters. The first-order valence-corrected chi connectivity index (χ1v) is 7.01. The van der Waals surface area contributed by atoms with Gasteiger partial charge in [0.15, 0.2) is 5.41 Å². The number of ether oxygens (including phenoxy) is 1. The lowest BCUT2D eigenvalue weighted by Gasteiger charge is -2.26. The fourth-order valence-electron chi connectivity index (χ4n) is 1.94. The van der Waals surface area contributed by atoms with Gasteiger partial charge in [0, 0.05) is 6.42 Å². The fraction of sp³-hybridized carbons (Fsp3) is 0.429. The number of hydrogen-bond donors (Lipinski definition) is 1. The van der Waals surface area contributed by atoms with Gasteiger partial charge in [0.1, 0.15) is 5.82 Å². The molecule has 0 aliphatic carbocycles. The van der Waals surface area contributed by atoms with E-state index in [1.807, 2.05) is 0 Å². The van der Waals surface area contributed by atoms with E-state index in [4.69, 9.17) is 4.74 Å². The molecule has 6 heteroatoms. The summed E-state index contributed by atoms with van der Waals surface area (Å²) >= 11 is 3.08. The van der Waals surface area contributed by atoms with Crippen LogP contribution in [-0.2, 0) is 20.7 Å². The molecular formula is C14H16BrFO4. The molecule has 4 nitrogen and oxygen atoms in total. The van der Waals surface area contributed by atoms with E-state index in [0.717, 1.165) is 0 Å². The van der Waals surface area contributed by atoms with Crippen LogP contribution in [0, 0.1) is 11.2 Å². The topological polar surface area (TPSA) is 63.6 Å². The minimum absolute atomic E-state index is 0.0596. The number of rotatable bonds is 6. The summed E-state index contributed by atoms with van der Waals surface area (Å²) in [7, 11) is 0. The minimum Gasteiger partial charge on any atom is -0.480 e. The second-order valence-electron chi connectivity index (χ2n) is 4.35. The monoisotopic (exact) mass is 346 g/mol. The molecule has 0 bridgehead atoms. The Morgan fingerprint density at radius 3 is 2.55 bits per heavy atom. The van der Waals surface area contributed by atoms with Gasteiger partial charge in [-0.25, -0.2) is 4.39 Å². The van der Waals surface area contributed by atoms with Crippen LogP contribution < -0.4 is 0 Å². The number of halogens is 2. The molecule has 110 valence electrons. The summed E-state index contributed by atoms with van der Waals surface area (Å²) < 4.78 is 18.5.